The molecule has 0 aromatic heterocycles. The largest absolute Gasteiger partial charge is 0.409 e. The molecule has 0 bridgehead atoms. The van der Waals surface area contributed by atoms with Gasteiger partial charge in [0.15, 0.2) is 0 Å². The highest BCUT2D eigenvalue weighted by atomic mass is 127. The molecule has 0 fully saturated rings. The summed E-state index contributed by atoms with van der Waals surface area (Å²) in [5.74, 6) is -2.71. The number of carbonyl (C=O) groups is 1. The molecule has 0 aliphatic carbocycles. The maximum Gasteiger partial charge on any atom is 0.409 e. The molecule has 0 saturated heterocycles. The predicted molar refractivity (Wildman–Crippen MR) is 72.9 cm³/mol. The van der Waals surface area contributed by atoms with Gasteiger partial charge in [-0.1, -0.05) is 0 Å². The van der Waals surface area contributed by atoms with Gasteiger partial charge in [-0.25, -0.2) is 0 Å². The Labute approximate surface area is 126 Å². The van der Waals surface area contributed by atoms with Crippen molar-refractivity contribution in [2.75, 3.05) is 5.75 Å². The topological polar surface area (TPSA) is 83.5 Å². The van der Waals surface area contributed by atoms with Crippen LogP contribution >= 0.6 is 22.6 Å². The summed E-state index contributed by atoms with van der Waals surface area (Å²) >= 11 is 1.95. The van der Waals surface area contributed by atoms with E-state index in [-0.39, 0.29) is 5.56 Å². The van der Waals surface area contributed by atoms with Gasteiger partial charge in [0.2, 0.25) is 0 Å². The third-order valence-electron chi connectivity index (χ3n) is 2.18. The lowest BCUT2D eigenvalue weighted by molar-refractivity contribution is -0.148. The van der Waals surface area contributed by atoms with Crippen molar-refractivity contribution in [1.82, 2.24) is 5.32 Å². The third-order valence-corrected chi connectivity index (χ3v) is 3.66. The van der Waals surface area contributed by atoms with E-state index in [1.54, 1.807) is 5.32 Å². The number of halogens is 4. The SMILES string of the molecule is O=C(NC(CS(=O)(=O)O)C(F)(F)F)c1ccc(I)cc1. The first-order chi connectivity index (χ1) is 8.99. The first-order valence-corrected chi connectivity index (χ1v) is 7.76. The Morgan fingerprint density at radius 3 is 2.20 bits per heavy atom. The van der Waals surface area contributed by atoms with Gasteiger partial charge in [-0.2, -0.15) is 21.6 Å². The van der Waals surface area contributed by atoms with E-state index in [0.29, 0.717) is 0 Å². The highest BCUT2D eigenvalue weighted by Crippen LogP contribution is 2.21. The summed E-state index contributed by atoms with van der Waals surface area (Å²) in [6, 6.07) is 2.96. The number of hydrogen-bond acceptors (Lipinski definition) is 3. The first kappa shape index (κ1) is 17.2. The monoisotopic (exact) mass is 423 g/mol. The van der Waals surface area contributed by atoms with E-state index in [1.165, 1.54) is 24.3 Å². The van der Waals surface area contributed by atoms with Crippen molar-refractivity contribution in [2.24, 2.45) is 0 Å². The van der Waals surface area contributed by atoms with Crippen molar-refractivity contribution in [3.63, 3.8) is 0 Å². The average Bonchev–Trinajstić information content (AvgIpc) is 2.25. The number of alkyl halides is 3. The fourth-order valence-corrected chi connectivity index (χ4v) is 2.32. The van der Waals surface area contributed by atoms with E-state index in [4.69, 9.17) is 4.55 Å². The molecule has 0 aliphatic rings. The molecule has 112 valence electrons. The average molecular weight is 423 g/mol. The van der Waals surface area contributed by atoms with Gasteiger partial charge in [0.05, 0.1) is 0 Å². The lowest BCUT2D eigenvalue weighted by Crippen LogP contribution is -2.49. The summed E-state index contributed by atoms with van der Waals surface area (Å²) < 4.78 is 68.2. The molecule has 0 saturated carbocycles. The Morgan fingerprint density at radius 1 is 1.30 bits per heavy atom. The lowest BCUT2D eigenvalue weighted by atomic mass is 10.2. The second-order valence-corrected chi connectivity index (χ2v) is 6.57. The van der Waals surface area contributed by atoms with Crippen LogP contribution < -0.4 is 5.32 Å². The van der Waals surface area contributed by atoms with Gasteiger partial charge >= 0.3 is 6.18 Å². The van der Waals surface area contributed by atoms with Crippen molar-refractivity contribution in [2.45, 2.75) is 12.2 Å². The molecule has 20 heavy (non-hydrogen) atoms. The van der Waals surface area contributed by atoms with E-state index in [1.807, 2.05) is 22.6 Å². The summed E-state index contributed by atoms with van der Waals surface area (Å²) in [6.45, 7) is 0. The molecule has 0 aliphatic heterocycles. The Bertz CT molecular complexity index is 586. The highest BCUT2D eigenvalue weighted by molar-refractivity contribution is 14.1. The van der Waals surface area contributed by atoms with Gasteiger partial charge in [-0.15, -0.1) is 0 Å². The fraction of sp³-hybridized carbons (Fsp3) is 0.300. The summed E-state index contributed by atoms with van der Waals surface area (Å²) in [7, 11) is -4.88. The fourth-order valence-electron chi connectivity index (χ4n) is 1.27. The van der Waals surface area contributed by atoms with Gasteiger partial charge in [-0.05, 0) is 46.9 Å². The molecule has 1 aromatic carbocycles. The zero-order valence-corrected chi connectivity index (χ0v) is 12.7. The van der Waals surface area contributed by atoms with Crippen molar-refractivity contribution in [3.05, 3.63) is 33.4 Å². The molecule has 5 nitrogen and oxygen atoms in total. The molecular weight excluding hydrogens is 414 g/mol. The van der Waals surface area contributed by atoms with Crippen LogP contribution in [0.5, 0.6) is 0 Å². The standard InChI is InChI=1S/C10H9F3INO4S/c11-10(12,13)8(5-20(17,18)19)15-9(16)6-1-3-7(14)4-2-6/h1-4,8H,5H2,(H,15,16)(H,17,18,19). The molecule has 1 rings (SSSR count). The normalized spacial score (nSPS) is 13.8. The zero-order chi connectivity index (χ0) is 15.6. The Morgan fingerprint density at radius 2 is 1.80 bits per heavy atom. The van der Waals surface area contributed by atoms with Crippen LogP contribution in [0.2, 0.25) is 0 Å². The number of benzene rings is 1. The Hall–Kier alpha value is -0.880. The Balaban J connectivity index is 2.90. The van der Waals surface area contributed by atoms with Crippen LogP contribution in [0.1, 0.15) is 10.4 Å². The van der Waals surface area contributed by atoms with Gasteiger partial charge in [0, 0.05) is 9.13 Å². The number of amides is 1. The maximum atomic E-state index is 12.6. The molecule has 0 spiro atoms. The lowest BCUT2D eigenvalue weighted by Gasteiger charge is -2.20. The van der Waals surface area contributed by atoms with Gasteiger partial charge in [0.25, 0.3) is 16.0 Å². The summed E-state index contributed by atoms with van der Waals surface area (Å²) in [5, 5.41) is 1.54. The first-order valence-electron chi connectivity index (χ1n) is 5.07. The van der Waals surface area contributed by atoms with Crippen molar-refractivity contribution in [3.8, 4) is 0 Å². The van der Waals surface area contributed by atoms with Crippen LogP contribution in [0.3, 0.4) is 0 Å². The Kier molecular flexibility index (Phi) is 5.38. The molecule has 2 N–H and O–H groups in total. The molecular formula is C10H9F3INO4S. The van der Waals surface area contributed by atoms with Crippen LogP contribution in [-0.2, 0) is 10.1 Å². The third kappa shape index (κ3) is 5.63. The van der Waals surface area contributed by atoms with E-state index >= 15 is 0 Å². The number of hydrogen-bond donors (Lipinski definition) is 2. The summed E-state index contributed by atoms with van der Waals surface area (Å²) in [4.78, 5) is 11.6. The van der Waals surface area contributed by atoms with E-state index in [2.05, 4.69) is 0 Å². The zero-order valence-electron chi connectivity index (χ0n) is 9.69. The minimum absolute atomic E-state index is 0.0463. The van der Waals surface area contributed by atoms with Gasteiger partial charge in [-0.3, -0.25) is 9.35 Å². The predicted octanol–water partition coefficient (Wildman–Crippen LogP) is 1.84. The van der Waals surface area contributed by atoms with Crippen LogP contribution in [0.4, 0.5) is 13.2 Å². The minimum atomic E-state index is -4.99. The van der Waals surface area contributed by atoms with E-state index in [9.17, 15) is 26.4 Å². The molecule has 0 radical (unpaired) electrons. The highest BCUT2D eigenvalue weighted by Gasteiger charge is 2.43. The minimum Gasteiger partial charge on any atom is -0.339 e. The van der Waals surface area contributed by atoms with Crippen molar-refractivity contribution >= 4 is 38.6 Å². The molecule has 10 heteroatoms. The van der Waals surface area contributed by atoms with Crippen LogP contribution in [0.25, 0.3) is 0 Å². The molecule has 1 aromatic rings. The van der Waals surface area contributed by atoms with Crippen molar-refractivity contribution in [1.29, 1.82) is 0 Å². The smallest absolute Gasteiger partial charge is 0.339 e. The maximum absolute atomic E-state index is 12.6. The van der Waals surface area contributed by atoms with Crippen LogP contribution in [-0.4, -0.2) is 36.8 Å². The van der Waals surface area contributed by atoms with Crippen LogP contribution in [0, 0.1) is 3.57 Å². The molecule has 0 heterocycles. The van der Waals surface area contributed by atoms with Gasteiger partial charge in [0.1, 0.15) is 11.8 Å². The second kappa shape index (κ2) is 6.26. The number of rotatable bonds is 4. The molecule has 1 amide bonds. The number of nitrogens with one attached hydrogen (secondary N) is 1. The van der Waals surface area contributed by atoms with E-state index in [0.717, 1.165) is 3.57 Å². The molecule has 1 unspecified atom stereocenters. The van der Waals surface area contributed by atoms with Gasteiger partial charge < -0.3 is 5.32 Å². The number of carbonyl (C=O) groups excluding carboxylic acids is 1. The summed E-state index contributed by atoms with van der Waals surface area (Å²) in [5.41, 5.74) is -0.0463. The second-order valence-electron chi connectivity index (χ2n) is 3.82. The molecule has 1 atom stereocenters. The van der Waals surface area contributed by atoms with E-state index < -0.39 is 34.0 Å². The quantitative estimate of drug-likeness (QED) is 0.572. The van der Waals surface area contributed by atoms with Crippen molar-refractivity contribution < 1.29 is 30.9 Å². The summed E-state index contributed by atoms with van der Waals surface area (Å²) in [6.07, 6.45) is -4.99. The van der Waals surface area contributed by atoms with Crippen LogP contribution in [0.15, 0.2) is 24.3 Å².